The van der Waals surface area contributed by atoms with E-state index in [-0.39, 0.29) is 35.3 Å². The number of aromatic amines is 1. The molecule has 0 aliphatic heterocycles. The Morgan fingerprint density at radius 1 is 1.15 bits per heavy atom. The Kier molecular flexibility index (Phi) is 6.36. The number of benzene rings is 2. The number of rotatable bonds is 6. The van der Waals surface area contributed by atoms with Gasteiger partial charge in [-0.2, -0.15) is 9.47 Å². The van der Waals surface area contributed by atoms with Crippen molar-refractivity contribution in [3.8, 4) is 0 Å². The molecule has 0 unspecified atom stereocenters. The van der Waals surface area contributed by atoms with Gasteiger partial charge in [-0.3, -0.25) is 14.9 Å². The highest BCUT2D eigenvalue weighted by molar-refractivity contribution is 7.09. The lowest BCUT2D eigenvalue weighted by Crippen LogP contribution is -2.29. The Bertz CT molecular complexity index is 1390. The molecule has 0 fully saturated rings. The van der Waals surface area contributed by atoms with Crippen LogP contribution in [0.25, 0.3) is 10.8 Å². The number of anilines is 1. The molecule has 0 radical (unpaired) electrons. The van der Waals surface area contributed by atoms with Gasteiger partial charge in [-0.25, -0.2) is 19.3 Å². The number of amides is 3. The molecule has 33 heavy (non-hydrogen) atoms. The van der Waals surface area contributed by atoms with Crippen molar-refractivity contribution in [1.82, 2.24) is 29.8 Å². The van der Waals surface area contributed by atoms with Crippen LogP contribution >= 0.6 is 11.5 Å². The maximum absolute atomic E-state index is 13.2. The second-order valence-electron chi connectivity index (χ2n) is 7.06. The Morgan fingerprint density at radius 3 is 2.73 bits per heavy atom. The fraction of sp³-hybridized carbons (Fsp3) is 0.143. The highest BCUT2D eigenvalue weighted by Gasteiger charge is 2.20. The number of carbonyl (C=O) groups is 2. The molecule has 0 aliphatic rings. The molecule has 0 saturated carbocycles. The van der Waals surface area contributed by atoms with Crippen LogP contribution in [-0.2, 0) is 13.1 Å². The van der Waals surface area contributed by atoms with Gasteiger partial charge < -0.3 is 10.2 Å². The van der Waals surface area contributed by atoms with Gasteiger partial charge in [0.15, 0.2) is 11.5 Å². The predicted molar refractivity (Wildman–Crippen MR) is 120 cm³/mol. The maximum atomic E-state index is 13.2. The SMILES string of the molecule is CN(Cc1nsc(NC(=O)NCc2cccc(F)c2)n1)C(=O)c1n[nH]c(=O)c2ccccc12. The summed E-state index contributed by atoms with van der Waals surface area (Å²) in [5.74, 6) is -0.475. The van der Waals surface area contributed by atoms with Gasteiger partial charge in [-0.1, -0.05) is 30.3 Å². The molecule has 4 aromatic rings. The lowest BCUT2D eigenvalue weighted by atomic mass is 10.1. The molecule has 0 saturated heterocycles. The number of carbonyl (C=O) groups excluding carboxylic acids is 2. The van der Waals surface area contributed by atoms with E-state index in [9.17, 15) is 18.8 Å². The summed E-state index contributed by atoms with van der Waals surface area (Å²) in [5, 5.41) is 12.5. The monoisotopic (exact) mass is 467 g/mol. The number of hydrogen-bond acceptors (Lipinski definition) is 7. The summed E-state index contributed by atoms with van der Waals surface area (Å²) < 4.78 is 17.4. The van der Waals surface area contributed by atoms with Crippen LogP contribution in [0.4, 0.5) is 14.3 Å². The van der Waals surface area contributed by atoms with Crippen LogP contribution in [0.2, 0.25) is 0 Å². The molecular formula is C21H18FN7O3S. The van der Waals surface area contributed by atoms with Crippen LogP contribution in [0.1, 0.15) is 21.9 Å². The summed E-state index contributed by atoms with van der Waals surface area (Å²) in [4.78, 5) is 42.5. The van der Waals surface area contributed by atoms with Gasteiger partial charge in [0.05, 0.1) is 11.9 Å². The van der Waals surface area contributed by atoms with Crippen molar-refractivity contribution in [3.63, 3.8) is 0 Å². The van der Waals surface area contributed by atoms with Crippen LogP contribution in [0.5, 0.6) is 0 Å². The molecule has 0 bridgehead atoms. The number of H-pyrrole nitrogens is 1. The first-order valence-electron chi connectivity index (χ1n) is 9.75. The summed E-state index contributed by atoms with van der Waals surface area (Å²) in [5.41, 5.74) is 0.349. The van der Waals surface area contributed by atoms with Crippen LogP contribution in [0.3, 0.4) is 0 Å². The number of hydrogen-bond donors (Lipinski definition) is 3. The maximum Gasteiger partial charge on any atom is 0.321 e. The molecule has 10 nitrogen and oxygen atoms in total. The van der Waals surface area contributed by atoms with Gasteiger partial charge in [0.2, 0.25) is 5.13 Å². The zero-order valence-corrected chi connectivity index (χ0v) is 18.1. The number of nitrogens with zero attached hydrogens (tertiary/aromatic N) is 4. The average molecular weight is 467 g/mol. The van der Waals surface area contributed by atoms with Crippen LogP contribution in [0, 0.1) is 5.82 Å². The largest absolute Gasteiger partial charge is 0.334 e. The van der Waals surface area contributed by atoms with E-state index in [2.05, 4.69) is 30.2 Å². The lowest BCUT2D eigenvalue weighted by molar-refractivity contribution is 0.0777. The molecule has 2 heterocycles. The summed E-state index contributed by atoms with van der Waals surface area (Å²) in [6.07, 6.45) is 0. The number of halogens is 1. The van der Waals surface area contributed by atoms with E-state index in [1.807, 2.05) is 0 Å². The highest BCUT2D eigenvalue weighted by Crippen LogP contribution is 2.16. The Morgan fingerprint density at radius 2 is 1.94 bits per heavy atom. The first kappa shape index (κ1) is 22.0. The molecule has 2 aromatic carbocycles. The highest BCUT2D eigenvalue weighted by atomic mass is 32.1. The van der Waals surface area contributed by atoms with E-state index in [4.69, 9.17) is 0 Å². The minimum Gasteiger partial charge on any atom is -0.334 e. The van der Waals surface area contributed by atoms with Crippen molar-refractivity contribution in [2.75, 3.05) is 12.4 Å². The average Bonchev–Trinajstić information content (AvgIpc) is 3.24. The normalized spacial score (nSPS) is 10.7. The molecule has 0 aliphatic carbocycles. The smallest absolute Gasteiger partial charge is 0.321 e. The van der Waals surface area contributed by atoms with Gasteiger partial charge in [0, 0.05) is 30.5 Å². The van der Waals surface area contributed by atoms with Crippen molar-refractivity contribution in [1.29, 1.82) is 0 Å². The lowest BCUT2D eigenvalue weighted by Gasteiger charge is -2.15. The van der Waals surface area contributed by atoms with Gasteiger partial charge in [0.1, 0.15) is 5.82 Å². The van der Waals surface area contributed by atoms with Crippen LogP contribution in [0.15, 0.2) is 53.3 Å². The summed E-state index contributed by atoms with van der Waals surface area (Å²) >= 11 is 0.962. The third-order valence-electron chi connectivity index (χ3n) is 4.65. The number of urea groups is 1. The Labute approximate surface area is 190 Å². The zero-order valence-electron chi connectivity index (χ0n) is 17.3. The molecule has 3 N–H and O–H groups in total. The second kappa shape index (κ2) is 9.53. The molecule has 12 heteroatoms. The van der Waals surface area contributed by atoms with Gasteiger partial charge >= 0.3 is 6.03 Å². The van der Waals surface area contributed by atoms with E-state index in [1.165, 1.54) is 17.0 Å². The van der Waals surface area contributed by atoms with Crippen molar-refractivity contribution >= 4 is 39.4 Å². The predicted octanol–water partition coefficient (Wildman–Crippen LogP) is 2.51. The summed E-state index contributed by atoms with van der Waals surface area (Å²) in [6.45, 7) is 0.212. The Balaban J connectivity index is 1.37. The van der Waals surface area contributed by atoms with E-state index < -0.39 is 11.9 Å². The van der Waals surface area contributed by atoms with Gasteiger partial charge in [-0.05, 0) is 23.8 Å². The minimum absolute atomic E-state index is 0.0665. The number of aromatic nitrogens is 4. The number of fused-ring (bicyclic) bond motifs is 1. The molecule has 2 aromatic heterocycles. The van der Waals surface area contributed by atoms with Crippen molar-refractivity contribution in [2.45, 2.75) is 13.1 Å². The summed E-state index contributed by atoms with van der Waals surface area (Å²) in [6, 6.07) is 12.1. The minimum atomic E-state index is -0.518. The fourth-order valence-corrected chi connectivity index (χ4v) is 3.66. The van der Waals surface area contributed by atoms with E-state index in [0.29, 0.717) is 22.2 Å². The van der Waals surface area contributed by atoms with E-state index in [0.717, 1.165) is 11.5 Å². The molecular weight excluding hydrogens is 449 g/mol. The van der Waals surface area contributed by atoms with Gasteiger partial charge in [0.25, 0.3) is 11.5 Å². The van der Waals surface area contributed by atoms with Crippen molar-refractivity contribution < 1.29 is 14.0 Å². The van der Waals surface area contributed by atoms with Crippen molar-refractivity contribution in [3.05, 3.63) is 81.8 Å². The molecule has 0 spiro atoms. The first-order chi connectivity index (χ1) is 15.9. The molecule has 168 valence electrons. The second-order valence-corrected chi connectivity index (χ2v) is 7.81. The first-order valence-corrected chi connectivity index (χ1v) is 10.5. The third kappa shape index (κ3) is 5.18. The zero-order chi connectivity index (χ0) is 23.4. The molecule has 3 amide bonds. The Hall–Kier alpha value is -4.19. The van der Waals surface area contributed by atoms with Crippen LogP contribution in [-0.4, -0.2) is 43.4 Å². The fourth-order valence-electron chi connectivity index (χ4n) is 3.08. The number of nitrogens with one attached hydrogen (secondary N) is 3. The standard InChI is InChI=1S/C21H18FN7O3S/c1-29(19(31)17-14-7-2-3-8-15(14)18(30)27-26-17)11-16-24-21(33-28-16)25-20(32)23-10-12-5-4-6-13(22)9-12/h2-9H,10-11H2,1H3,(H,27,30)(H2,23,24,25,28,32). The third-order valence-corrected chi connectivity index (χ3v) is 5.32. The van der Waals surface area contributed by atoms with Crippen molar-refractivity contribution in [2.24, 2.45) is 0 Å². The van der Waals surface area contributed by atoms with Crippen LogP contribution < -0.4 is 16.2 Å². The topological polar surface area (TPSA) is 133 Å². The molecule has 0 atom stereocenters. The van der Waals surface area contributed by atoms with E-state index in [1.54, 1.807) is 43.4 Å². The van der Waals surface area contributed by atoms with Gasteiger partial charge in [-0.15, -0.1) is 0 Å². The van der Waals surface area contributed by atoms with E-state index >= 15 is 0 Å². The summed E-state index contributed by atoms with van der Waals surface area (Å²) in [7, 11) is 1.56. The quantitative estimate of drug-likeness (QED) is 0.399. The molecule has 4 rings (SSSR count).